The van der Waals surface area contributed by atoms with Crippen molar-refractivity contribution in [2.75, 3.05) is 21.3 Å². The highest BCUT2D eigenvalue weighted by Crippen LogP contribution is 2.38. The Kier molecular flexibility index (Phi) is 4.44. The smallest absolute Gasteiger partial charge is 0.228 e. The van der Waals surface area contributed by atoms with Gasteiger partial charge >= 0.3 is 0 Å². The largest absolute Gasteiger partial charge is 0.493 e. The van der Waals surface area contributed by atoms with Gasteiger partial charge in [-0.15, -0.1) is 0 Å². The van der Waals surface area contributed by atoms with Gasteiger partial charge in [0, 0.05) is 16.5 Å². The number of imidazole rings is 1. The lowest BCUT2D eigenvalue weighted by Gasteiger charge is -2.13. The number of fused-ring (bicyclic) bond motifs is 1. The maximum absolute atomic E-state index is 13.0. The van der Waals surface area contributed by atoms with Gasteiger partial charge in [-0.05, 0) is 18.2 Å². The zero-order valence-corrected chi connectivity index (χ0v) is 15.6. The summed E-state index contributed by atoms with van der Waals surface area (Å²) < 4.78 is 15.9. The predicted molar refractivity (Wildman–Crippen MR) is 103 cm³/mol. The zero-order chi connectivity index (χ0) is 19.7. The maximum atomic E-state index is 13.0. The van der Waals surface area contributed by atoms with Crippen molar-refractivity contribution < 1.29 is 19.0 Å². The molecule has 28 heavy (non-hydrogen) atoms. The van der Waals surface area contributed by atoms with E-state index in [1.54, 1.807) is 24.5 Å². The molecule has 2 heterocycles. The molecule has 0 saturated heterocycles. The fraction of sp³-hybridized carbons (Fsp3) is 0.150. The Labute approximate surface area is 160 Å². The molecule has 0 aliphatic heterocycles. The molecule has 142 valence electrons. The second kappa shape index (κ2) is 7.07. The van der Waals surface area contributed by atoms with E-state index in [1.807, 2.05) is 18.2 Å². The van der Waals surface area contributed by atoms with Gasteiger partial charge in [-0.3, -0.25) is 9.89 Å². The first-order valence-electron chi connectivity index (χ1n) is 8.48. The van der Waals surface area contributed by atoms with Gasteiger partial charge in [-0.1, -0.05) is 12.1 Å². The van der Waals surface area contributed by atoms with Crippen molar-refractivity contribution in [1.29, 1.82) is 0 Å². The molecule has 0 atom stereocenters. The molecule has 0 fully saturated rings. The van der Waals surface area contributed by atoms with E-state index < -0.39 is 0 Å². The van der Waals surface area contributed by atoms with Crippen molar-refractivity contribution in [1.82, 2.24) is 20.2 Å². The van der Waals surface area contributed by atoms with E-state index in [0.29, 0.717) is 22.8 Å². The molecule has 0 radical (unpaired) electrons. The first-order chi connectivity index (χ1) is 13.7. The van der Waals surface area contributed by atoms with Crippen molar-refractivity contribution in [3.63, 3.8) is 0 Å². The summed E-state index contributed by atoms with van der Waals surface area (Å²) in [7, 11) is 4.52. The summed E-state index contributed by atoms with van der Waals surface area (Å²) in [4.78, 5) is 20.3. The summed E-state index contributed by atoms with van der Waals surface area (Å²) in [6.07, 6.45) is 3.37. The van der Waals surface area contributed by atoms with Gasteiger partial charge < -0.3 is 19.2 Å². The summed E-state index contributed by atoms with van der Waals surface area (Å²) in [5.41, 5.74) is 2.91. The second-order valence-corrected chi connectivity index (χ2v) is 6.03. The number of rotatable bonds is 6. The molecule has 2 aromatic carbocycles. The summed E-state index contributed by atoms with van der Waals surface area (Å²) in [6.45, 7) is 0. The Bertz CT molecular complexity index is 1140. The van der Waals surface area contributed by atoms with Crippen LogP contribution in [-0.4, -0.2) is 47.3 Å². The topological polar surface area (TPSA) is 102 Å². The molecule has 0 saturated carbocycles. The monoisotopic (exact) mass is 378 g/mol. The molecule has 0 aliphatic carbocycles. The van der Waals surface area contributed by atoms with Crippen LogP contribution in [0.25, 0.3) is 22.2 Å². The molecule has 0 amide bonds. The third-order valence-electron chi connectivity index (χ3n) is 4.49. The first-order valence-corrected chi connectivity index (χ1v) is 8.48. The molecular weight excluding hydrogens is 360 g/mol. The van der Waals surface area contributed by atoms with Gasteiger partial charge in [0.2, 0.25) is 11.5 Å². The Balaban J connectivity index is 1.73. The van der Waals surface area contributed by atoms with Crippen molar-refractivity contribution in [3.8, 4) is 28.5 Å². The minimum absolute atomic E-state index is 0.213. The van der Waals surface area contributed by atoms with E-state index in [4.69, 9.17) is 14.2 Å². The molecule has 0 aliphatic rings. The standard InChI is InChI=1S/C20H18N4O4/c1-26-16-7-11(8-17(27-2)19(16)28-3)18(25)20-21-10-15(23-20)12-5-4-6-14-13(12)9-22-24-14/h4-10H,1-3H3,(H,21,23)(H,22,24). The van der Waals surface area contributed by atoms with E-state index in [9.17, 15) is 4.79 Å². The van der Waals surface area contributed by atoms with Crippen LogP contribution in [0.1, 0.15) is 16.2 Å². The summed E-state index contributed by atoms with van der Waals surface area (Å²) in [5.74, 6) is 1.16. The van der Waals surface area contributed by atoms with Gasteiger partial charge in [0.15, 0.2) is 17.3 Å². The molecule has 8 heteroatoms. The predicted octanol–water partition coefficient (Wildman–Crippen LogP) is 3.21. The van der Waals surface area contributed by atoms with Crippen LogP contribution in [-0.2, 0) is 0 Å². The van der Waals surface area contributed by atoms with Crippen LogP contribution in [0.2, 0.25) is 0 Å². The number of hydrogen-bond donors (Lipinski definition) is 2. The van der Waals surface area contributed by atoms with Gasteiger partial charge in [0.1, 0.15) is 0 Å². The average Bonchev–Trinajstić information content (AvgIpc) is 3.41. The molecule has 4 aromatic rings. The second-order valence-electron chi connectivity index (χ2n) is 6.03. The van der Waals surface area contributed by atoms with E-state index >= 15 is 0 Å². The van der Waals surface area contributed by atoms with E-state index in [-0.39, 0.29) is 11.6 Å². The number of nitrogens with zero attached hydrogens (tertiary/aromatic N) is 2. The average molecular weight is 378 g/mol. The number of H-pyrrole nitrogens is 2. The van der Waals surface area contributed by atoms with Gasteiger partial charge in [0.05, 0.1) is 44.9 Å². The highest BCUT2D eigenvalue weighted by Gasteiger charge is 2.20. The number of ether oxygens (including phenoxy) is 3. The van der Waals surface area contributed by atoms with Crippen LogP contribution in [0.5, 0.6) is 17.2 Å². The van der Waals surface area contributed by atoms with Gasteiger partial charge in [0.25, 0.3) is 0 Å². The van der Waals surface area contributed by atoms with Crippen LogP contribution in [0.15, 0.2) is 42.7 Å². The summed E-state index contributed by atoms with van der Waals surface area (Å²) >= 11 is 0. The SMILES string of the molecule is COc1cc(C(=O)c2ncc(-c3cccc4[nH]ncc34)[nH]2)cc(OC)c1OC. The van der Waals surface area contributed by atoms with Crippen LogP contribution >= 0.6 is 0 Å². The Morgan fingerprint density at radius 3 is 2.43 bits per heavy atom. The van der Waals surface area contributed by atoms with Crippen molar-refractivity contribution >= 4 is 16.7 Å². The molecule has 0 spiro atoms. The van der Waals surface area contributed by atoms with Crippen molar-refractivity contribution in [2.24, 2.45) is 0 Å². The van der Waals surface area contributed by atoms with E-state index in [1.165, 1.54) is 21.3 Å². The molecule has 2 aromatic heterocycles. The molecule has 4 rings (SSSR count). The number of carbonyl (C=O) groups excluding carboxylic acids is 1. The maximum Gasteiger partial charge on any atom is 0.228 e. The molecule has 0 unspecified atom stereocenters. The minimum Gasteiger partial charge on any atom is -0.493 e. The van der Waals surface area contributed by atoms with Crippen molar-refractivity contribution in [2.45, 2.75) is 0 Å². The highest BCUT2D eigenvalue weighted by molar-refractivity contribution is 6.08. The van der Waals surface area contributed by atoms with E-state index in [0.717, 1.165) is 22.2 Å². The Morgan fingerprint density at radius 2 is 1.75 bits per heavy atom. The third kappa shape index (κ3) is 2.84. The lowest BCUT2D eigenvalue weighted by molar-refractivity contribution is 0.102. The number of nitrogens with one attached hydrogen (secondary N) is 2. The molecule has 0 bridgehead atoms. The van der Waals surface area contributed by atoms with Crippen LogP contribution in [0, 0.1) is 0 Å². The van der Waals surface area contributed by atoms with Crippen LogP contribution in [0.4, 0.5) is 0 Å². The van der Waals surface area contributed by atoms with Gasteiger partial charge in [-0.2, -0.15) is 5.10 Å². The Morgan fingerprint density at radius 1 is 1.00 bits per heavy atom. The van der Waals surface area contributed by atoms with Crippen LogP contribution in [0.3, 0.4) is 0 Å². The number of hydrogen-bond acceptors (Lipinski definition) is 6. The Hall–Kier alpha value is -3.81. The number of benzene rings is 2. The quantitative estimate of drug-likeness (QED) is 0.500. The lowest BCUT2D eigenvalue weighted by Crippen LogP contribution is -2.06. The fourth-order valence-electron chi connectivity index (χ4n) is 3.13. The number of aromatic amines is 2. The number of ketones is 1. The normalized spacial score (nSPS) is 10.8. The number of methoxy groups -OCH3 is 3. The van der Waals surface area contributed by atoms with Gasteiger partial charge in [-0.25, -0.2) is 4.98 Å². The lowest BCUT2D eigenvalue weighted by atomic mass is 10.1. The molecule has 8 nitrogen and oxygen atoms in total. The third-order valence-corrected chi connectivity index (χ3v) is 4.49. The number of carbonyl (C=O) groups is 1. The summed E-state index contributed by atoms with van der Waals surface area (Å²) in [5, 5.41) is 7.94. The van der Waals surface area contributed by atoms with Crippen molar-refractivity contribution in [3.05, 3.63) is 54.1 Å². The molecule has 2 N–H and O–H groups in total. The number of aromatic nitrogens is 4. The highest BCUT2D eigenvalue weighted by atomic mass is 16.5. The van der Waals surface area contributed by atoms with E-state index in [2.05, 4.69) is 20.2 Å². The molecular formula is C20H18N4O4. The minimum atomic E-state index is -0.287. The zero-order valence-electron chi connectivity index (χ0n) is 15.6. The first kappa shape index (κ1) is 17.6. The van der Waals surface area contributed by atoms with Crippen LogP contribution < -0.4 is 14.2 Å². The summed E-state index contributed by atoms with van der Waals surface area (Å²) in [6, 6.07) is 8.99. The fourth-order valence-corrected chi connectivity index (χ4v) is 3.13.